The number of nitrogens with zero attached hydrogens (tertiary/aromatic N) is 4. The molecule has 0 atom stereocenters. The van der Waals surface area contributed by atoms with Gasteiger partial charge in [-0.1, -0.05) is 0 Å². The van der Waals surface area contributed by atoms with Crippen molar-refractivity contribution in [1.29, 1.82) is 0 Å². The van der Waals surface area contributed by atoms with Gasteiger partial charge < -0.3 is 5.11 Å². The van der Waals surface area contributed by atoms with Gasteiger partial charge in [0.05, 0.1) is 0 Å². The van der Waals surface area contributed by atoms with Crippen LogP contribution in [0.4, 0.5) is 0 Å². The molecule has 1 aromatic heterocycles. The first-order chi connectivity index (χ1) is 5.61. The lowest BCUT2D eigenvalue weighted by atomic mass is 10.6. The van der Waals surface area contributed by atoms with Gasteiger partial charge in [0, 0.05) is 19.3 Å². The van der Waals surface area contributed by atoms with E-state index in [4.69, 9.17) is 5.11 Å². The molecule has 0 aliphatic heterocycles. The van der Waals surface area contributed by atoms with E-state index in [-0.39, 0.29) is 0 Å². The van der Waals surface area contributed by atoms with Crippen LogP contribution in [0.2, 0.25) is 0 Å². The second-order valence-electron chi connectivity index (χ2n) is 1.98. The maximum absolute atomic E-state index is 10.9. The molecule has 64 valence electrons. The van der Waals surface area contributed by atoms with Gasteiger partial charge in [-0.25, -0.2) is 9.59 Å². The fourth-order valence-electron chi connectivity index (χ4n) is 0.556. The number of hydrogen-bond donors (Lipinski definition) is 1. The summed E-state index contributed by atoms with van der Waals surface area (Å²) >= 11 is 0. The molecule has 0 radical (unpaired) electrons. The average Bonchev–Trinajstić information content (AvgIpc) is 2.30. The molecule has 1 N–H and O–H groups in total. The predicted molar refractivity (Wildman–Crippen MR) is 38.2 cm³/mol. The van der Waals surface area contributed by atoms with Gasteiger partial charge in [0.1, 0.15) is 0 Å². The Morgan fingerprint density at radius 2 is 2.25 bits per heavy atom. The van der Waals surface area contributed by atoms with E-state index in [1.165, 1.54) is 7.05 Å². The van der Waals surface area contributed by atoms with E-state index in [1.54, 1.807) is 0 Å². The van der Waals surface area contributed by atoms with Crippen LogP contribution in [0.25, 0.3) is 6.20 Å². The highest BCUT2D eigenvalue weighted by molar-refractivity contribution is 5.82. The SMILES string of the molecule is Cn1nnn(/C=C/C(=O)O)c1=O. The van der Waals surface area contributed by atoms with Crippen LogP contribution in [0.1, 0.15) is 0 Å². The maximum atomic E-state index is 10.9. The zero-order chi connectivity index (χ0) is 9.14. The number of carboxylic acid groups (broad SMARTS) is 1. The number of aromatic nitrogens is 4. The third kappa shape index (κ3) is 1.57. The molecular formula is C5H6N4O3. The quantitative estimate of drug-likeness (QED) is 0.547. The van der Waals surface area contributed by atoms with E-state index < -0.39 is 11.7 Å². The van der Waals surface area contributed by atoms with Crippen molar-refractivity contribution in [3.05, 3.63) is 16.6 Å². The second-order valence-corrected chi connectivity index (χ2v) is 1.98. The number of carboxylic acids is 1. The Bertz CT molecular complexity index is 374. The van der Waals surface area contributed by atoms with Crippen LogP contribution in [-0.4, -0.2) is 30.9 Å². The van der Waals surface area contributed by atoms with Gasteiger partial charge in [0.15, 0.2) is 0 Å². The molecule has 1 aromatic rings. The topological polar surface area (TPSA) is 90.0 Å². The van der Waals surface area contributed by atoms with Crippen molar-refractivity contribution in [2.24, 2.45) is 7.05 Å². The van der Waals surface area contributed by atoms with Gasteiger partial charge in [0.25, 0.3) is 0 Å². The zero-order valence-corrected chi connectivity index (χ0v) is 6.21. The van der Waals surface area contributed by atoms with E-state index in [9.17, 15) is 9.59 Å². The fraction of sp³-hybridized carbons (Fsp3) is 0.200. The Morgan fingerprint density at radius 1 is 1.58 bits per heavy atom. The molecule has 0 amide bonds. The summed E-state index contributed by atoms with van der Waals surface area (Å²) in [5.74, 6) is -1.15. The first-order valence-corrected chi connectivity index (χ1v) is 3.01. The van der Waals surface area contributed by atoms with Crippen LogP contribution in [-0.2, 0) is 11.8 Å². The molecule has 0 bridgehead atoms. The van der Waals surface area contributed by atoms with Gasteiger partial charge in [-0.3, -0.25) is 0 Å². The molecule has 7 nitrogen and oxygen atoms in total. The molecule has 0 aliphatic carbocycles. The fourth-order valence-corrected chi connectivity index (χ4v) is 0.556. The summed E-state index contributed by atoms with van der Waals surface area (Å²) in [6, 6.07) is 0. The van der Waals surface area contributed by atoms with Gasteiger partial charge in [-0.15, -0.1) is 0 Å². The minimum absolute atomic E-state index is 0.493. The molecular weight excluding hydrogens is 164 g/mol. The van der Waals surface area contributed by atoms with Crippen molar-refractivity contribution in [3.8, 4) is 0 Å². The van der Waals surface area contributed by atoms with Gasteiger partial charge in [-0.2, -0.15) is 9.36 Å². The van der Waals surface area contributed by atoms with Crippen molar-refractivity contribution in [2.75, 3.05) is 0 Å². The second kappa shape index (κ2) is 2.99. The zero-order valence-electron chi connectivity index (χ0n) is 6.21. The molecule has 0 spiro atoms. The highest BCUT2D eigenvalue weighted by Gasteiger charge is 1.98. The summed E-state index contributed by atoms with van der Waals surface area (Å²) in [6.45, 7) is 0. The normalized spacial score (nSPS) is 10.8. The Kier molecular flexibility index (Phi) is 2.04. The monoisotopic (exact) mass is 170 g/mol. The van der Waals surface area contributed by atoms with E-state index in [0.29, 0.717) is 0 Å². The Balaban J connectivity index is 2.98. The van der Waals surface area contributed by atoms with E-state index >= 15 is 0 Å². The molecule has 0 saturated carbocycles. The van der Waals surface area contributed by atoms with Crippen LogP contribution in [0.5, 0.6) is 0 Å². The number of aliphatic carboxylic acids is 1. The van der Waals surface area contributed by atoms with E-state index in [1.807, 2.05) is 0 Å². The van der Waals surface area contributed by atoms with Crippen LogP contribution < -0.4 is 5.69 Å². The van der Waals surface area contributed by atoms with Crippen molar-refractivity contribution >= 4 is 12.2 Å². The van der Waals surface area contributed by atoms with Crippen molar-refractivity contribution in [1.82, 2.24) is 19.8 Å². The lowest BCUT2D eigenvalue weighted by Crippen LogP contribution is -2.19. The Hall–Kier alpha value is -1.92. The lowest BCUT2D eigenvalue weighted by molar-refractivity contribution is -0.131. The van der Waals surface area contributed by atoms with Crippen LogP contribution in [0.15, 0.2) is 10.9 Å². The number of tetrazole rings is 1. The van der Waals surface area contributed by atoms with Gasteiger partial charge in [-0.05, 0) is 10.4 Å². The van der Waals surface area contributed by atoms with Crippen LogP contribution in [0.3, 0.4) is 0 Å². The largest absolute Gasteiger partial charge is 0.478 e. The molecule has 1 rings (SSSR count). The summed E-state index contributed by atoms with van der Waals surface area (Å²) in [4.78, 5) is 21.0. The molecule has 0 aromatic carbocycles. The van der Waals surface area contributed by atoms with E-state index in [0.717, 1.165) is 21.6 Å². The van der Waals surface area contributed by atoms with Gasteiger partial charge >= 0.3 is 11.7 Å². The first-order valence-electron chi connectivity index (χ1n) is 3.01. The summed E-state index contributed by atoms with van der Waals surface area (Å²) in [5.41, 5.74) is -0.493. The summed E-state index contributed by atoms with van der Waals surface area (Å²) in [6.07, 6.45) is 1.83. The Morgan fingerprint density at radius 3 is 2.67 bits per heavy atom. The minimum Gasteiger partial charge on any atom is -0.478 e. The third-order valence-electron chi connectivity index (χ3n) is 1.10. The number of rotatable bonds is 2. The van der Waals surface area contributed by atoms with Crippen molar-refractivity contribution < 1.29 is 9.90 Å². The molecule has 12 heavy (non-hydrogen) atoms. The van der Waals surface area contributed by atoms with Crippen molar-refractivity contribution in [3.63, 3.8) is 0 Å². The molecule has 0 aliphatic rings. The Labute approximate surface area is 66.5 Å². The molecule has 0 unspecified atom stereocenters. The first kappa shape index (κ1) is 8.18. The summed E-state index contributed by atoms with van der Waals surface area (Å²) in [5, 5.41) is 14.9. The number of aryl methyl sites for hydroxylation is 1. The lowest BCUT2D eigenvalue weighted by Gasteiger charge is -1.82. The maximum Gasteiger partial charge on any atom is 0.367 e. The van der Waals surface area contributed by atoms with E-state index in [2.05, 4.69) is 10.4 Å². The predicted octanol–water partition coefficient (Wildman–Crippen LogP) is -1.47. The van der Waals surface area contributed by atoms with Crippen LogP contribution >= 0.6 is 0 Å². The highest BCUT2D eigenvalue weighted by Crippen LogP contribution is 1.75. The standard InChI is InChI=1S/C5H6N4O3/c1-8-5(12)9(7-6-8)3-2-4(10)11/h2-3H,1H3,(H,10,11)/b3-2+. The third-order valence-corrected chi connectivity index (χ3v) is 1.10. The smallest absolute Gasteiger partial charge is 0.367 e. The summed E-state index contributed by atoms with van der Waals surface area (Å²) in [7, 11) is 1.42. The van der Waals surface area contributed by atoms with Crippen molar-refractivity contribution in [2.45, 2.75) is 0 Å². The average molecular weight is 170 g/mol. The number of hydrogen-bond acceptors (Lipinski definition) is 4. The highest BCUT2D eigenvalue weighted by atomic mass is 16.4. The molecule has 0 saturated heterocycles. The van der Waals surface area contributed by atoms with Crippen LogP contribution in [0, 0.1) is 0 Å². The number of carbonyl (C=O) groups is 1. The molecule has 0 fully saturated rings. The summed E-state index contributed by atoms with van der Waals surface area (Å²) < 4.78 is 1.82. The molecule has 7 heteroatoms. The molecule has 1 heterocycles. The van der Waals surface area contributed by atoms with Gasteiger partial charge in [0.2, 0.25) is 0 Å². The minimum atomic E-state index is -1.15.